The van der Waals surface area contributed by atoms with Crippen LogP contribution in [-0.4, -0.2) is 13.3 Å². The van der Waals surface area contributed by atoms with Crippen molar-refractivity contribution in [1.29, 1.82) is 0 Å². The fourth-order valence-electron chi connectivity index (χ4n) is 0.459. The highest BCUT2D eigenvalue weighted by molar-refractivity contribution is 5.21. The molecule has 0 radical (unpaired) electrons. The zero-order valence-electron chi connectivity index (χ0n) is 6.09. The number of hydrogen-bond donors (Lipinski definition) is 0. The first-order valence-electron chi connectivity index (χ1n) is 3.15. The van der Waals surface area contributed by atoms with E-state index < -0.39 is 30.8 Å². The van der Waals surface area contributed by atoms with Gasteiger partial charge in [-0.3, -0.25) is 4.39 Å². The van der Waals surface area contributed by atoms with Crippen molar-refractivity contribution in [3.05, 3.63) is 23.6 Å². The van der Waals surface area contributed by atoms with Crippen molar-refractivity contribution in [2.45, 2.75) is 6.42 Å². The Labute approximate surface area is 66.4 Å². The van der Waals surface area contributed by atoms with Crippen LogP contribution in [0.3, 0.4) is 0 Å². The number of rotatable bonds is 4. The third-order valence-corrected chi connectivity index (χ3v) is 0.998. The number of alkyl halides is 2. The van der Waals surface area contributed by atoms with Crippen LogP contribution >= 0.6 is 0 Å². The maximum atomic E-state index is 12.3. The molecule has 0 aromatic rings. The molecule has 12 heavy (non-hydrogen) atoms. The standard InChI is InChI=1S/C7H7F5/c8-3-1-2-5(10)7(12)6(11)4-9/h2H,1,3-4H2. The van der Waals surface area contributed by atoms with Crippen molar-refractivity contribution in [2.75, 3.05) is 13.3 Å². The van der Waals surface area contributed by atoms with E-state index >= 15 is 0 Å². The molecule has 0 aliphatic carbocycles. The van der Waals surface area contributed by atoms with Gasteiger partial charge in [-0.2, -0.15) is 0 Å². The maximum absolute atomic E-state index is 12.3. The summed E-state index contributed by atoms with van der Waals surface area (Å²) in [6.45, 7) is -2.58. The predicted molar refractivity (Wildman–Crippen MR) is 35.0 cm³/mol. The van der Waals surface area contributed by atoms with Gasteiger partial charge in [-0.1, -0.05) is 0 Å². The van der Waals surface area contributed by atoms with Gasteiger partial charge in [0, 0.05) is 0 Å². The fourth-order valence-corrected chi connectivity index (χ4v) is 0.459. The molecule has 0 aromatic carbocycles. The van der Waals surface area contributed by atoms with E-state index in [9.17, 15) is 22.0 Å². The summed E-state index contributed by atoms with van der Waals surface area (Å²) in [5.74, 6) is -5.28. The first-order chi connectivity index (χ1) is 5.63. The Kier molecular flexibility index (Phi) is 5.32. The molecule has 70 valence electrons. The highest BCUT2D eigenvalue weighted by Gasteiger charge is 2.10. The maximum Gasteiger partial charge on any atom is 0.192 e. The van der Waals surface area contributed by atoms with Gasteiger partial charge in [0.05, 0.1) is 6.67 Å². The molecular formula is C7H7F5. The van der Waals surface area contributed by atoms with Gasteiger partial charge in [0.15, 0.2) is 17.5 Å². The topological polar surface area (TPSA) is 0 Å². The lowest BCUT2D eigenvalue weighted by Gasteiger charge is -1.93. The van der Waals surface area contributed by atoms with Crippen molar-refractivity contribution < 1.29 is 22.0 Å². The molecule has 0 spiro atoms. The van der Waals surface area contributed by atoms with Crippen LogP contribution in [0.2, 0.25) is 0 Å². The number of allylic oxidation sites excluding steroid dienone is 4. The van der Waals surface area contributed by atoms with E-state index in [-0.39, 0.29) is 6.42 Å². The fraction of sp³-hybridized carbons (Fsp3) is 0.429. The van der Waals surface area contributed by atoms with Crippen molar-refractivity contribution in [2.24, 2.45) is 0 Å². The molecule has 5 heteroatoms. The highest BCUT2D eigenvalue weighted by Crippen LogP contribution is 2.19. The van der Waals surface area contributed by atoms with Crippen molar-refractivity contribution in [1.82, 2.24) is 0 Å². The quantitative estimate of drug-likeness (QED) is 0.466. The molecule has 0 aliphatic rings. The minimum Gasteiger partial charge on any atom is -0.251 e. The van der Waals surface area contributed by atoms with Crippen molar-refractivity contribution in [3.8, 4) is 0 Å². The number of halogens is 5. The van der Waals surface area contributed by atoms with Gasteiger partial charge in [0.2, 0.25) is 0 Å². The van der Waals surface area contributed by atoms with Crippen LogP contribution in [0.5, 0.6) is 0 Å². The molecule has 0 amide bonds. The van der Waals surface area contributed by atoms with Gasteiger partial charge in [0.25, 0.3) is 0 Å². The Balaban J connectivity index is 4.36. The van der Waals surface area contributed by atoms with E-state index in [1.54, 1.807) is 0 Å². The molecular weight excluding hydrogens is 179 g/mol. The molecule has 0 aliphatic heterocycles. The molecule has 0 saturated heterocycles. The van der Waals surface area contributed by atoms with Gasteiger partial charge in [0.1, 0.15) is 6.67 Å². The monoisotopic (exact) mass is 186 g/mol. The van der Waals surface area contributed by atoms with E-state index in [0.29, 0.717) is 6.08 Å². The highest BCUT2D eigenvalue weighted by atomic mass is 19.2. The lowest BCUT2D eigenvalue weighted by molar-refractivity contribution is 0.416. The van der Waals surface area contributed by atoms with Gasteiger partial charge in [-0.15, -0.1) is 0 Å². The largest absolute Gasteiger partial charge is 0.251 e. The van der Waals surface area contributed by atoms with E-state index in [2.05, 4.69) is 0 Å². The predicted octanol–water partition coefficient (Wildman–Crippen LogP) is 3.32. The number of hydrogen-bond acceptors (Lipinski definition) is 0. The van der Waals surface area contributed by atoms with Crippen LogP contribution in [0, 0.1) is 0 Å². The lowest BCUT2D eigenvalue weighted by atomic mass is 10.3. The molecule has 0 rings (SSSR count). The van der Waals surface area contributed by atoms with Gasteiger partial charge in [-0.25, -0.2) is 17.6 Å². The van der Waals surface area contributed by atoms with Gasteiger partial charge < -0.3 is 0 Å². The van der Waals surface area contributed by atoms with Gasteiger partial charge in [-0.05, 0) is 12.5 Å². The Morgan fingerprint density at radius 2 is 1.67 bits per heavy atom. The van der Waals surface area contributed by atoms with Crippen LogP contribution in [0.4, 0.5) is 22.0 Å². The summed E-state index contributed by atoms with van der Waals surface area (Å²) in [7, 11) is 0. The first-order valence-corrected chi connectivity index (χ1v) is 3.15. The molecule has 0 aromatic heterocycles. The summed E-state index contributed by atoms with van der Waals surface area (Å²) in [5, 5.41) is 0. The van der Waals surface area contributed by atoms with Crippen molar-refractivity contribution in [3.63, 3.8) is 0 Å². The lowest BCUT2D eigenvalue weighted by Crippen LogP contribution is -1.85. The second kappa shape index (κ2) is 5.74. The SMILES string of the molecule is FCCC=C(F)C(F)=C(F)CF. The Hall–Kier alpha value is -0.870. The average molecular weight is 186 g/mol. The van der Waals surface area contributed by atoms with Crippen LogP contribution in [-0.2, 0) is 0 Å². The Bertz CT molecular complexity index is 194. The second-order valence-corrected chi connectivity index (χ2v) is 1.88. The second-order valence-electron chi connectivity index (χ2n) is 1.88. The Morgan fingerprint density at radius 1 is 1.08 bits per heavy atom. The zero-order valence-corrected chi connectivity index (χ0v) is 6.09. The summed E-state index contributed by atoms with van der Waals surface area (Å²) < 4.78 is 59.2. The van der Waals surface area contributed by atoms with Crippen molar-refractivity contribution >= 4 is 0 Å². The van der Waals surface area contributed by atoms with Crippen LogP contribution < -0.4 is 0 Å². The van der Waals surface area contributed by atoms with E-state index in [4.69, 9.17) is 0 Å². The van der Waals surface area contributed by atoms with Gasteiger partial charge >= 0.3 is 0 Å². The van der Waals surface area contributed by atoms with E-state index in [0.717, 1.165) is 0 Å². The van der Waals surface area contributed by atoms with Crippen LogP contribution in [0.1, 0.15) is 6.42 Å². The first kappa shape index (κ1) is 11.1. The minimum atomic E-state index is -1.90. The molecule has 0 bridgehead atoms. The van der Waals surface area contributed by atoms with Crippen LogP contribution in [0.25, 0.3) is 0 Å². The third-order valence-electron chi connectivity index (χ3n) is 0.998. The molecule has 0 N–H and O–H groups in total. The average Bonchev–Trinajstić information content (AvgIpc) is 2.11. The van der Waals surface area contributed by atoms with E-state index in [1.807, 2.05) is 0 Å². The van der Waals surface area contributed by atoms with Crippen LogP contribution in [0.15, 0.2) is 23.6 Å². The molecule has 0 nitrogen and oxygen atoms in total. The Morgan fingerprint density at radius 3 is 2.08 bits per heavy atom. The third kappa shape index (κ3) is 3.50. The molecule has 0 fully saturated rings. The summed E-state index contributed by atoms with van der Waals surface area (Å²) >= 11 is 0. The normalized spacial score (nSPS) is 14.6. The zero-order chi connectivity index (χ0) is 9.56. The molecule has 0 saturated carbocycles. The molecule has 0 heterocycles. The summed E-state index contributed by atoms with van der Waals surface area (Å²) in [6, 6.07) is 0. The van der Waals surface area contributed by atoms with E-state index in [1.165, 1.54) is 0 Å². The smallest absolute Gasteiger partial charge is 0.192 e. The summed E-state index contributed by atoms with van der Waals surface area (Å²) in [6.07, 6.45) is 0.156. The molecule has 0 unspecified atom stereocenters. The summed E-state index contributed by atoms with van der Waals surface area (Å²) in [5.41, 5.74) is 0. The summed E-state index contributed by atoms with van der Waals surface area (Å²) in [4.78, 5) is 0. The minimum absolute atomic E-state index is 0.362. The molecule has 0 atom stereocenters.